The molecular formula is C19H21N3O3. The van der Waals surface area contributed by atoms with E-state index in [0.717, 1.165) is 16.9 Å². The highest BCUT2D eigenvalue weighted by Crippen LogP contribution is 2.31. The van der Waals surface area contributed by atoms with Crippen molar-refractivity contribution in [3.8, 4) is 11.3 Å². The first-order valence-corrected chi connectivity index (χ1v) is 8.80. The van der Waals surface area contributed by atoms with E-state index in [4.69, 9.17) is 10.2 Å². The van der Waals surface area contributed by atoms with E-state index in [1.807, 2.05) is 36.5 Å². The predicted molar refractivity (Wildman–Crippen MR) is 93.3 cm³/mol. The normalized spacial score (nSPS) is 21.2. The molecule has 6 nitrogen and oxygen atoms in total. The van der Waals surface area contributed by atoms with E-state index in [-0.39, 0.29) is 18.9 Å². The number of hydrogen-bond donors (Lipinski definition) is 1. The van der Waals surface area contributed by atoms with Crippen molar-refractivity contribution in [2.24, 2.45) is 5.92 Å². The van der Waals surface area contributed by atoms with Crippen molar-refractivity contribution in [2.45, 2.75) is 38.1 Å². The topological polar surface area (TPSA) is 75.4 Å². The Kier molecular flexibility index (Phi) is 4.03. The number of aliphatic carboxylic acids is 1. The Bertz CT molecular complexity index is 791. The van der Waals surface area contributed by atoms with Gasteiger partial charge in [-0.3, -0.25) is 14.3 Å². The molecule has 1 N–H and O–H groups in total. The predicted octanol–water partition coefficient (Wildman–Crippen LogP) is 3.10. The molecule has 25 heavy (non-hydrogen) atoms. The van der Waals surface area contributed by atoms with E-state index in [0.29, 0.717) is 6.04 Å². The lowest BCUT2D eigenvalue weighted by Gasteiger charge is -2.16. The molecule has 1 aromatic heterocycles. The van der Waals surface area contributed by atoms with Crippen LogP contribution in [0.1, 0.15) is 38.1 Å². The largest absolute Gasteiger partial charge is 0.481 e. The number of rotatable bonds is 4. The van der Waals surface area contributed by atoms with E-state index in [2.05, 4.69) is 4.68 Å². The molecule has 2 heterocycles. The Balaban J connectivity index is 1.50. The van der Waals surface area contributed by atoms with Gasteiger partial charge in [0.05, 0.1) is 17.7 Å². The standard InChI is InChI=1S/C19H21N3O3/c23-18-11-14(19(24)25)12-21(18)15-7-5-13(6-8-15)17-9-10-22(20-17)16-3-1-2-4-16/h5-10,14,16H,1-4,11-12H2,(H,24,25). The molecule has 1 amide bonds. The molecule has 1 atom stereocenters. The van der Waals surface area contributed by atoms with E-state index in [9.17, 15) is 9.59 Å². The molecule has 1 saturated carbocycles. The van der Waals surface area contributed by atoms with Gasteiger partial charge >= 0.3 is 5.97 Å². The summed E-state index contributed by atoms with van der Waals surface area (Å²) in [5.41, 5.74) is 2.67. The van der Waals surface area contributed by atoms with Crippen LogP contribution in [-0.2, 0) is 9.59 Å². The maximum atomic E-state index is 12.0. The Morgan fingerprint density at radius 1 is 1.12 bits per heavy atom. The van der Waals surface area contributed by atoms with Crippen LogP contribution in [0.15, 0.2) is 36.5 Å². The van der Waals surface area contributed by atoms with Crippen molar-refractivity contribution >= 4 is 17.6 Å². The van der Waals surface area contributed by atoms with E-state index >= 15 is 0 Å². The monoisotopic (exact) mass is 339 g/mol. The minimum Gasteiger partial charge on any atom is -0.481 e. The zero-order valence-electron chi connectivity index (χ0n) is 14.0. The van der Waals surface area contributed by atoms with Crippen molar-refractivity contribution in [1.82, 2.24) is 9.78 Å². The maximum Gasteiger partial charge on any atom is 0.308 e. The van der Waals surface area contributed by atoms with Gasteiger partial charge in [0.25, 0.3) is 0 Å². The molecule has 1 aliphatic carbocycles. The third kappa shape index (κ3) is 3.04. The summed E-state index contributed by atoms with van der Waals surface area (Å²) in [6, 6.07) is 10.2. The fourth-order valence-corrected chi connectivity index (χ4v) is 3.80. The number of nitrogens with zero attached hydrogens (tertiary/aromatic N) is 3. The molecule has 0 bridgehead atoms. The molecule has 6 heteroatoms. The minimum atomic E-state index is -0.912. The maximum absolute atomic E-state index is 12.0. The van der Waals surface area contributed by atoms with Crippen LogP contribution in [0.2, 0.25) is 0 Å². The minimum absolute atomic E-state index is 0.0723. The summed E-state index contributed by atoms with van der Waals surface area (Å²) in [6.07, 6.45) is 7.05. The van der Waals surface area contributed by atoms with Crippen LogP contribution in [0.5, 0.6) is 0 Å². The molecule has 0 spiro atoms. The Morgan fingerprint density at radius 3 is 2.48 bits per heavy atom. The molecule has 4 rings (SSSR count). The van der Waals surface area contributed by atoms with Crippen LogP contribution in [0.4, 0.5) is 5.69 Å². The third-order valence-corrected chi connectivity index (χ3v) is 5.26. The molecule has 2 aromatic rings. The van der Waals surface area contributed by atoms with Gasteiger partial charge in [0.1, 0.15) is 0 Å². The molecule has 2 fully saturated rings. The average molecular weight is 339 g/mol. The summed E-state index contributed by atoms with van der Waals surface area (Å²) in [7, 11) is 0. The van der Waals surface area contributed by atoms with E-state index < -0.39 is 11.9 Å². The van der Waals surface area contributed by atoms with E-state index in [1.165, 1.54) is 25.7 Å². The smallest absolute Gasteiger partial charge is 0.308 e. The Morgan fingerprint density at radius 2 is 1.84 bits per heavy atom. The number of carbonyl (C=O) groups excluding carboxylic acids is 1. The van der Waals surface area contributed by atoms with Gasteiger partial charge in [0.15, 0.2) is 0 Å². The second-order valence-corrected chi connectivity index (χ2v) is 6.91. The van der Waals surface area contributed by atoms with Gasteiger partial charge in [-0.05, 0) is 31.0 Å². The summed E-state index contributed by atoms with van der Waals surface area (Å²) in [6.45, 7) is 0.240. The summed E-state index contributed by atoms with van der Waals surface area (Å²) in [5, 5.41) is 13.8. The quantitative estimate of drug-likeness (QED) is 0.929. The Hall–Kier alpha value is -2.63. The second-order valence-electron chi connectivity index (χ2n) is 6.91. The number of carboxylic acid groups (broad SMARTS) is 1. The highest BCUT2D eigenvalue weighted by atomic mass is 16.4. The second kappa shape index (κ2) is 6.35. The summed E-state index contributed by atoms with van der Waals surface area (Å²) >= 11 is 0. The summed E-state index contributed by atoms with van der Waals surface area (Å²) in [5.74, 6) is -1.66. The lowest BCUT2D eigenvalue weighted by Crippen LogP contribution is -2.25. The van der Waals surface area contributed by atoms with Crippen molar-refractivity contribution < 1.29 is 14.7 Å². The van der Waals surface area contributed by atoms with Gasteiger partial charge in [-0.2, -0.15) is 5.10 Å². The molecule has 0 radical (unpaired) electrons. The molecule has 1 aliphatic heterocycles. The average Bonchev–Trinajstić information content (AvgIpc) is 3.35. The fourth-order valence-electron chi connectivity index (χ4n) is 3.80. The lowest BCUT2D eigenvalue weighted by molar-refractivity contribution is -0.141. The number of amides is 1. The third-order valence-electron chi connectivity index (χ3n) is 5.26. The van der Waals surface area contributed by atoms with Gasteiger partial charge in [0, 0.05) is 30.4 Å². The fraction of sp³-hybridized carbons (Fsp3) is 0.421. The molecular weight excluding hydrogens is 318 g/mol. The molecule has 1 aromatic carbocycles. The number of benzene rings is 1. The SMILES string of the molecule is O=C(O)C1CC(=O)N(c2ccc(-c3ccn(C4CCCC4)n3)cc2)C1. The molecule has 130 valence electrons. The van der Waals surface area contributed by atoms with Crippen molar-refractivity contribution in [2.75, 3.05) is 11.4 Å². The first-order chi connectivity index (χ1) is 12.1. The summed E-state index contributed by atoms with van der Waals surface area (Å²) < 4.78 is 2.07. The van der Waals surface area contributed by atoms with Crippen LogP contribution in [0, 0.1) is 5.92 Å². The van der Waals surface area contributed by atoms with Gasteiger partial charge in [0.2, 0.25) is 5.91 Å². The summed E-state index contributed by atoms with van der Waals surface area (Å²) in [4.78, 5) is 24.7. The highest BCUT2D eigenvalue weighted by Gasteiger charge is 2.35. The van der Waals surface area contributed by atoms with Crippen LogP contribution in [0.25, 0.3) is 11.3 Å². The number of carboxylic acids is 1. The van der Waals surface area contributed by atoms with Crippen LogP contribution in [-0.4, -0.2) is 33.3 Å². The van der Waals surface area contributed by atoms with E-state index in [1.54, 1.807) is 4.90 Å². The van der Waals surface area contributed by atoms with Crippen molar-refractivity contribution in [1.29, 1.82) is 0 Å². The van der Waals surface area contributed by atoms with Crippen molar-refractivity contribution in [3.63, 3.8) is 0 Å². The van der Waals surface area contributed by atoms with Gasteiger partial charge in [-0.25, -0.2) is 0 Å². The molecule has 1 unspecified atom stereocenters. The molecule has 1 saturated heterocycles. The van der Waals surface area contributed by atoms with Crippen LogP contribution >= 0.6 is 0 Å². The Labute approximate surface area is 146 Å². The van der Waals surface area contributed by atoms with Gasteiger partial charge in [-0.1, -0.05) is 25.0 Å². The zero-order valence-corrected chi connectivity index (χ0v) is 14.0. The van der Waals surface area contributed by atoms with Crippen LogP contribution < -0.4 is 4.90 Å². The lowest BCUT2D eigenvalue weighted by atomic mass is 10.1. The van der Waals surface area contributed by atoms with Crippen molar-refractivity contribution in [3.05, 3.63) is 36.5 Å². The zero-order chi connectivity index (χ0) is 17.4. The number of hydrogen-bond acceptors (Lipinski definition) is 3. The van der Waals surface area contributed by atoms with Crippen LogP contribution in [0.3, 0.4) is 0 Å². The number of carbonyl (C=O) groups is 2. The molecule has 2 aliphatic rings. The highest BCUT2D eigenvalue weighted by molar-refractivity contribution is 5.99. The van der Waals surface area contributed by atoms with Gasteiger partial charge < -0.3 is 10.0 Å². The number of anilines is 1. The first kappa shape index (κ1) is 15.9. The van der Waals surface area contributed by atoms with Gasteiger partial charge in [-0.15, -0.1) is 0 Å². The number of aromatic nitrogens is 2. The first-order valence-electron chi connectivity index (χ1n) is 8.80.